The Morgan fingerprint density at radius 2 is 1.60 bits per heavy atom. The third-order valence-corrected chi connectivity index (χ3v) is 2.33. The van der Waals surface area contributed by atoms with Gasteiger partial charge in [0.05, 0.1) is 0 Å². The Morgan fingerprint density at radius 1 is 1.00 bits per heavy atom. The summed E-state index contributed by atoms with van der Waals surface area (Å²) < 4.78 is 1.56. The van der Waals surface area contributed by atoms with Gasteiger partial charge in [0.1, 0.15) is 0 Å². The van der Waals surface area contributed by atoms with Crippen molar-refractivity contribution in [1.82, 2.24) is 4.57 Å². The Morgan fingerprint density at radius 3 is 2.20 bits per heavy atom. The van der Waals surface area contributed by atoms with Gasteiger partial charge in [0.25, 0.3) is 0 Å². The van der Waals surface area contributed by atoms with Gasteiger partial charge < -0.3 is 10.3 Å². The minimum Gasteiger partial charge on any atom is -0.399 e. The van der Waals surface area contributed by atoms with Crippen LogP contribution in [0.2, 0.25) is 0 Å². The van der Waals surface area contributed by atoms with Crippen LogP contribution >= 0.6 is 0 Å². The van der Waals surface area contributed by atoms with E-state index in [4.69, 9.17) is 5.73 Å². The third-order valence-electron chi connectivity index (χ3n) is 2.33. The molecule has 0 fully saturated rings. The van der Waals surface area contributed by atoms with Gasteiger partial charge in [-0.3, -0.25) is 4.79 Å². The highest BCUT2D eigenvalue weighted by molar-refractivity contribution is 5.64. The van der Waals surface area contributed by atoms with Crippen LogP contribution in [0.25, 0.3) is 11.1 Å². The molecule has 0 aliphatic heterocycles. The summed E-state index contributed by atoms with van der Waals surface area (Å²) in [6.07, 6.45) is 1.81. The van der Waals surface area contributed by atoms with Crippen molar-refractivity contribution in [2.45, 2.75) is 0 Å². The lowest BCUT2D eigenvalue weighted by atomic mass is 10.1. The molecule has 0 aliphatic rings. The molecule has 3 nitrogen and oxygen atoms in total. The Labute approximate surface area is 87.8 Å². The zero-order chi connectivity index (χ0) is 10.8. The lowest BCUT2D eigenvalue weighted by molar-refractivity contribution is 0.862. The van der Waals surface area contributed by atoms with Crippen LogP contribution in [-0.2, 0) is 7.05 Å². The molecule has 2 N–H and O–H groups in total. The van der Waals surface area contributed by atoms with Crippen LogP contribution in [0.15, 0.2) is 47.4 Å². The first-order valence-electron chi connectivity index (χ1n) is 4.69. The van der Waals surface area contributed by atoms with E-state index in [2.05, 4.69) is 0 Å². The highest BCUT2D eigenvalue weighted by atomic mass is 16.1. The van der Waals surface area contributed by atoms with Crippen molar-refractivity contribution in [1.29, 1.82) is 0 Å². The van der Waals surface area contributed by atoms with Gasteiger partial charge in [-0.1, -0.05) is 12.1 Å². The van der Waals surface area contributed by atoms with Gasteiger partial charge in [0.15, 0.2) is 0 Å². The largest absolute Gasteiger partial charge is 0.399 e. The number of nitrogens with two attached hydrogens (primary N) is 1. The maximum atomic E-state index is 11.2. The first-order chi connectivity index (χ1) is 7.16. The molecule has 2 rings (SSSR count). The van der Waals surface area contributed by atoms with Crippen molar-refractivity contribution in [3.63, 3.8) is 0 Å². The van der Waals surface area contributed by atoms with E-state index in [1.54, 1.807) is 17.7 Å². The van der Waals surface area contributed by atoms with E-state index in [0.29, 0.717) is 0 Å². The molecule has 76 valence electrons. The van der Waals surface area contributed by atoms with Gasteiger partial charge in [-0.05, 0) is 29.3 Å². The predicted molar refractivity (Wildman–Crippen MR) is 61.5 cm³/mol. The summed E-state index contributed by atoms with van der Waals surface area (Å²) >= 11 is 0. The molecule has 1 heterocycles. The van der Waals surface area contributed by atoms with E-state index in [9.17, 15) is 4.79 Å². The van der Waals surface area contributed by atoms with Crippen molar-refractivity contribution in [2.75, 3.05) is 5.73 Å². The number of nitrogens with zero attached hydrogens (tertiary/aromatic N) is 1. The number of aromatic nitrogens is 1. The fourth-order valence-electron chi connectivity index (χ4n) is 1.44. The Hall–Kier alpha value is -2.03. The summed E-state index contributed by atoms with van der Waals surface area (Å²) in [7, 11) is 1.74. The first kappa shape index (κ1) is 9.52. The van der Waals surface area contributed by atoms with E-state index >= 15 is 0 Å². The monoisotopic (exact) mass is 200 g/mol. The van der Waals surface area contributed by atoms with Crippen molar-refractivity contribution in [2.24, 2.45) is 7.05 Å². The van der Waals surface area contributed by atoms with Crippen molar-refractivity contribution < 1.29 is 0 Å². The van der Waals surface area contributed by atoms with E-state index in [0.717, 1.165) is 16.8 Å². The zero-order valence-corrected chi connectivity index (χ0v) is 8.47. The molecule has 0 saturated heterocycles. The van der Waals surface area contributed by atoms with Gasteiger partial charge in [-0.15, -0.1) is 0 Å². The molecule has 2 aromatic rings. The van der Waals surface area contributed by atoms with Crippen LogP contribution < -0.4 is 11.3 Å². The minimum absolute atomic E-state index is 0.00537. The maximum absolute atomic E-state index is 11.2. The summed E-state index contributed by atoms with van der Waals surface area (Å²) in [6, 6.07) is 10.9. The average Bonchev–Trinajstić information content (AvgIpc) is 2.23. The second-order valence-corrected chi connectivity index (χ2v) is 3.49. The van der Waals surface area contributed by atoms with Crippen LogP contribution in [0.4, 0.5) is 5.69 Å². The highest BCUT2D eigenvalue weighted by Crippen LogP contribution is 2.18. The third kappa shape index (κ3) is 1.91. The number of pyridine rings is 1. The normalized spacial score (nSPS) is 10.2. The summed E-state index contributed by atoms with van der Waals surface area (Å²) in [4.78, 5) is 11.2. The van der Waals surface area contributed by atoms with Crippen molar-refractivity contribution >= 4 is 5.69 Å². The summed E-state index contributed by atoms with van der Waals surface area (Å²) in [5.74, 6) is 0. The summed E-state index contributed by atoms with van der Waals surface area (Å²) in [5.41, 5.74) is 8.40. The molecule has 15 heavy (non-hydrogen) atoms. The lowest BCUT2D eigenvalue weighted by Gasteiger charge is -2.03. The van der Waals surface area contributed by atoms with Crippen LogP contribution in [0.3, 0.4) is 0 Å². The average molecular weight is 200 g/mol. The van der Waals surface area contributed by atoms with Crippen molar-refractivity contribution in [3.05, 3.63) is 52.9 Å². The topological polar surface area (TPSA) is 48.0 Å². The number of hydrogen-bond acceptors (Lipinski definition) is 2. The van der Waals surface area contributed by atoms with Crippen molar-refractivity contribution in [3.8, 4) is 11.1 Å². The molecule has 0 radical (unpaired) electrons. The molecule has 0 bridgehead atoms. The molecule has 3 heteroatoms. The number of rotatable bonds is 1. The number of benzene rings is 1. The lowest BCUT2D eigenvalue weighted by Crippen LogP contribution is -2.13. The Kier molecular flexibility index (Phi) is 2.29. The number of nitrogen functional groups attached to an aromatic ring is 1. The van der Waals surface area contributed by atoms with Crippen LogP contribution in [0.1, 0.15) is 0 Å². The smallest absolute Gasteiger partial charge is 0.250 e. The first-order valence-corrected chi connectivity index (χ1v) is 4.69. The molecule has 0 amide bonds. The van der Waals surface area contributed by atoms with E-state index in [1.165, 1.54) is 0 Å². The molecule has 0 aliphatic carbocycles. The summed E-state index contributed by atoms with van der Waals surface area (Å²) in [6.45, 7) is 0. The predicted octanol–water partition coefficient (Wildman–Crippen LogP) is 1.63. The van der Waals surface area contributed by atoms with Gasteiger partial charge in [-0.2, -0.15) is 0 Å². The SMILES string of the molecule is Cn1cc(-c2ccc(N)cc2)ccc1=O. The Bertz CT molecular complexity index is 526. The van der Waals surface area contributed by atoms with Gasteiger partial charge in [0, 0.05) is 25.0 Å². The zero-order valence-electron chi connectivity index (χ0n) is 8.47. The Balaban J connectivity index is 2.50. The highest BCUT2D eigenvalue weighted by Gasteiger charge is 1.98. The fraction of sp³-hybridized carbons (Fsp3) is 0.0833. The number of anilines is 1. The van der Waals surface area contributed by atoms with Gasteiger partial charge >= 0.3 is 0 Å². The fourth-order valence-corrected chi connectivity index (χ4v) is 1.44. The quantitative estimate of drug-likeness (QED) is 0.711. The minimum atomic E-state index is -0.00537. The standard InChI is InChI=1S/C12H12N2O/c1-14-8-10(4-7-12(14)15)9-2-5-11(13)6-3-9/h2-8H,13H2,1H3. The van der Waals surface area contributed by atoms with Crippen LogP contribution in [-0.4, -0.2) is 4.57 Å². The van der Waals surface area contributed by atoms with Gasteiger partial charge in [-0.25, -0.2) is 0 Å². The summed E-state index contributed by atoms with van der Waals surface area (Å²) in [5, 5.41) is 0. The number of aryl methyl sites for hydroxylation is 1. The molecular weight excluding hydrogens is 188 g/mol. The molecule has 0 atom stereocenters. The van der Waals surface area contributed by atoms with Gasteiger partial charge in [0.2, 0.25) is 5.56 Å². The molecule has 0 saturated carbocycles. The number of hydrogen-bond donors (Lipinski definition) is 1. The molecule has 1 aromatic heterocycles. The molecular formula is C12H12N2O. The molecule has 0 unspecified atom stereocenters. The van der Waals surface area contributed by atoms with Crippen LogP contribution in [0, 0.1) is 0 Å². The second-order valence-electron chi connectivity index (χ2n) is 3.49. The second kappa shape index (κ2) is 3.61. The molecule has 0 spiro atoms. The maximum Gasteiger partial charge on any atom is 0.250 e. The molecule has 1 aromatic carbocycles. The van der Waals surface area contributed by atoms with E-state index in [-0.39, 0.29) is 5.56 Å². The van der Waals surface area contributed by atoms with Crippen LogP contribution in [0.5, 0.6) is 0 Å². The van der Waals surface area contributed by atoms with E-state index < -0.39 is 0 Å². The van der Waals surface area contributed by atoms with E-state index in [1.807, 2.05) is 36.5 Å².